The van der Waals surface area contributed by atoms with Crippen molar-refractivity contribution in [2.75, 3.05) is 0 Å². The van der Waals surface area contributed by atoms with Crippen molar-refractivity contribution in [1.82, 2.24) is 19.9 Å². The van der Waals surface area contributed by atoms with Crippen LogP contribution in [-0.2, 0) is 40.8 Å². The number of hydrogen-bond acceptors (Lipinski definition) is 2. The van der Waals surface area contributed by atoms with Crippen molar-refractivity contribution < 1.29 is 40.8 Å². The molecule has 26 heavy (non-hydrogen) atoms. The molecule has 4 nitrogen and oxygen atoms in total. The fraction of sp³-hybridized carbons (Fsp3) is 0. The quantitative estimate of drug-likeness (QED) is 0.291. The van der Waals surface area contributed by atoms with E-state index in [9.17, 15) is 0 Å². The standard InChI is InChI=1S/C20H14N4.2Pd/c1-2-14-10-16-5-6-18(23-16)12-20-8-7-19(24-20)11-17-4-3-15(22-17)9-13(1)21-14;;/h1-12,21,24H;;. The van der Waals surface area contributed by atoms with Gasteiger partial charge in [-0.05, 0) is 72.8 Å². The maximum absolute atomic E-state index is 4.63. The van der Waals surface area contributed by atoms with Crippen molar-refractivity contribution in [3.63, 3.8) is 0 Å². The molecule has 0 aliphatic carbocycles. The maximum Gasteiger partial charge on any atom is 0.0658 e. The topological polar surface area (TPSA) is 57.4 Å². The number of aromatic amines is 2. The molecular formula is C20H14N4Pd2. The minimum atomic E-state index is 0. The fourth-order valence-electron chi connectivity index (χ4n) is 2.94. The van der Waals surface area contributed by atoms with Gasteiger partial charge in [0.1, 0.15) is 0 Å². The number of nitrogens with zero attached hydrogens (tertiary/aromatic N) is 2. The van der Waals surface area contributed by atoms with E-state index in [0.717, 1.165) is 44.8 Å². The van der Waals surface area contributed by atoms with Gasteiger partial charge in [-0.15, -0.1) is 0 Å². The average molecular weight is 523 g/mol. The Balaban J connectivity index is 0.000000980. The van der Waals surface area contributed by atoms with Crippen LogP contribution in [-0.4, -0.2) is 19.9 Å². The monoisotopic (exact) mass is 522 g/mol. The molecule has 0 radical (unpaired) electrons. The normalized spacial score (nSPS) is 11.7. The molecule has 0 amide bonds. The second-order valence-electron chi connectivity index (χ2n) is 5.91. The van der Waals surface area contributed by atoms with E-state index in [1.807, 2.05) is 48.6 Å². The van der Waals surface area contributed by atoms with E-state index in [1.165, 1.54) is 0 Å². The Morgan fingerprint density at radius 1 is 0.462 bits per heavy atom. The van der Waals surface area contributed by atoms with E-state index < -0.39 is 0 Å². The number of hydrogen-bond donors (Lipinski definition) is 2. The zero-order valence-electron chi connectivity index (χ0n) is 13.5. The van der Waals surface area contributed by atoms with E-state index in [0.29, 0.717) is 0 Å². The molecule has 0 fully saturated rings. The first kappa shape index (κ1) is 18.7. The molecule has 8 bridgehead atoms. The van der Waals surface area contributed by atoms with Crippen LogP contribution in [0.25, 0.3) is 46.4 Å². The van der Waals surface area contributed by atoms with Crippen molar-refractivity contribution in [2.45, 2.75) is 0 Å². The molecule has 0 saturated heterocycles. The van der Waals surface area contributed by atoms with E-state index in [2.05, 4.69) is 44.2 Å². The molecule has 2 aliphatic rings. The Kier molecular flexibility index (Phi) is 5.51. The molecule has 2 aliphatic heterocycles. The summed E-state index contributed by atoms with van der Waals surface area (Å²) >= 11 is 0. The van der Waals surface area contributed by atoms with Crippen LogP contribution in [0.4, 0.5) is 0 Å². The smallest absolute Gasteiger partial charge is 0.0658 e. The van der Waals surface area contributed by atoms with E-state index >= 15 is 0 Å². The summed E-state index contributed by atoms with van der Waals surface area (Å²) in [6.07, 6.45) is 8.09. The Morgan fingerprint density at radius 3 is 1.00 bits per heavy atom. The summed E-state index contributed by atoms with van der Waals surface area (Å²) in [6.45, 7) is 0. The number of rotatable bonds is 0. The zero-order valence-corrected chi connectivity index (χ0v) is 16.6. The van der Waals surface area contributed by atoms with Crippen LogP contribution in [0.2, 0.25) is 0 Å². The van der Waals surface area contributed by atoms with Crippen LogP contribution in [0, 0.1) is 0 Å². The predicted molar refractivity (Wildman–Crippen MR) is 98.9 cm³/mol. The Bertz CT molecular complexity index is 994. The van der Waals surface area contributed by atoms with Crippen LogP contribution in [0.5, 0.6) is 0 Å². The van der Waals surface area contributed by atoms with Gasteiger partial charge in [-0.2, -0.15) is 0 Å². The molecule has 0 saturated carbocycles. The molecule has 6 heteroatoms. The van der Waals surface area contributed by atoms with Gasteiger partial charge in [0.15, 0.2) is 0 Å². The first-order valence-electron chi connectivity index (χ1n) is 7.85. The Morgan fingerprint density at radius 2 is 0.731 bits per heavy atom. The number of H-pyrrole nitrogens is 2. The first-order valence-corrected chi connectivity index (χ1v) is 7.85. The summed E-state index contributed by atoms with van der Waals surface area (Å²) in [5.74, 6) is 0. The van der Waals surface area contributed by atoms with Crippen LogP contribution < -0.4 is 0 Å². The molecule has 3 aromatic heterocycles. The van der Waals surface area contributed by atoms with Crippen LogP contribution >= 0.6 is 0 Å². The van der Waals surface area contributed by atoms with Gasteiger partial charge in [-0.1, -0.05) is 0 Å². The van der Waals surface area contributed by atoms with Crippen molar-refractivity contribution in [1.29, 1.82) is 0 Å². The van der Waals surface area contributed by atoms with Gasteiger partial charge < -0.3 is 9.97 Å². The van der Waals surface area contributed by atoms with Crippen molar-refractivity contribution in [3.8, 4) is 0 Å². The molecule has 5 heterocycles. The second-order valence-corrected chi connectivity index (χ2v) is 5.91. The van der Waals surface area contributed by atoms with Gasteiger partial charge in [-0.3, -0.25) is 0 Å². The van der Waals surface area contributed by atoms with E-state index in [4.69, 9.17) is 0 Å². The van der Waals surface area contributed by atoms with Gasteiger partial charge in [0.25, 0.3) is 0 Å². The third kappa shape index (κ3) is 3.85. The summed E-state index contributed by atoms with van der Waals surface area (Å²) in [5, 5.41) is 0. The summed E-state index contributed by atoms with van der Waals surface area (Å²) in [4.78, 5) is 16.0. The molecule has 3 aromatic rings. The molecule has 0 spiro atoms. The van der Waals surface area contributed by atoms with Gasteiger partial charge in [-0.25, -0.2) is 9.97 Å². The van der Waals surface area contributed by atoms with Crippen LogP contribution in [0.15, 0.2) is 48.5 Å². The van der Waals surface area contributed by atoms with Crippen molar-refractivity contribution >= 4 is 46.4 Å². The first-order chi connectivity index (χ1) is 11.8. The minimum absolute atomic E-state index is 0. The summed E-state index contributed by atoms with van der Waals surface area (Å²) in [7, 11) is 0. The fourth-order valence-corrected chi connectivity index (χ4v) is 2.94. The number of nitrogens with one attached hydrogen (secondary N) is 2. The molecule has 0 aromatic carbocycles. The van der Waals surface area contributed by atoms with Gasteiger partial charge in [0, 0.05) is 62.9 Å². The molecule has 5 rings (SSSR count). The molecular weight excluding hydrogens is 509 g/mol. The third-order valence-corrected chi connectivity index (χ3v) is 4.04. The molecule has 134 valence electrons. The SMILES string of the molecule is C1=Cc2cc3ccc(cc4nc(cc5ccc(cc1n2)[nH]5)C=C4)[nH]3.[Pd].[Pd]. The maximum atomic E-state index is 4.63. The minimum Gasteiger partial charge on any atom is -0.355 e. The van der Waals surface area contributed by atoms with Gasteiger partial charge >= 0.3 is 0 Å². The predicted octanol–water partition coefficient (Wildman–Crippen LogP) is 4.65. The van der Waals surface area contributed by atoms with Crippen molar-refractivity contribution in [3.05, 3.63) is 71.3 Å². The zero-order chi connectivity index (χ0) is 15.9. The Labute approximate surface area is 177 Å². The Hall–Kier alpha value is -2.08. The average Bonchev–Trinajstić information content (AvgIpc) is 3.32. The molecule has 0 unspecified atom stereocenters. The van der Waals surface area contributed by atoms with Crippen LogP contribution in [0.1, 0.15) is 22.8 Å². The van der Waals surface area contributed by atoms with E-state index in [1.54, 1.807) is 0 Å². The van der Waals surface area contributed by atoms with Gasteiger partial charge in [0.2, 0.25) is 0 Å². The largest absolute Gasteiger partial charge is 0.355 e. The number of aromatic nitrogens is 4. The van der Waals surface area contributed by atoms with Crippen LogP contribution in [0.3, 0.4) is 0 Å². The third-order valence-electron chi connectivity index (χ3n) is 4.04. The van der Waals surface area contributed by atoms with E-state index in [-0.39, 0.29) is 40.8 Å². The van der Waals surface area contributed by atoms with Crippen molar-refractivity contribution in [2.24, 2.45) is 0 Å². The van der Waals surface area contributed by atoms with Gasteiger partial charge in [0.05, 0.1) is 22.8 Å². The molecule has 0 atom stereocenters. The summed E-state index contributed by atoms with van der Waals surface area (Å²) in [5.41, 5.74) is 7.86. The number of fused-ring (bicyclic) bond motifs is 8. The summed E-state index contributed by atoms with van der Waals surface area (Å²) in [6, 6.07) is 16.4. The summed E-state index contributed by atoms with van der Waals surface area (Å²) < 4.78 is 0. The second kappa shape index (κ2) is 7.66. The molecule has 2 N–H and O–H groups in total.